The summed E-state index contributed by atoms with van der Waals surface area (Å²) >= 11 is 1.17. The lowest BCUT2D eigenvalue weighted by atomic mass is 9.96. The summed E-state index contributed by atoms with van der Waals surface area (Å²) < 4.78 is 24.0. The van der Waals surface area contributed by atoms with Gasteiger partial charge in [0.1, 0.15) is 5.00 Å². The lowest BCUT2D eigenvalue weighted by Gasteiger charge is -2.10. The fraction of sp³-hybridized carbons (Fsp3) is 0.444. The van der Waals surface area contributed by atoms with Crippen molar-refractivity contribution in [1.82, 2.24) is 0 Å². The van der Waals surface area contributed by atoms with Crippen molar-refractivity contribution in [2.75, 3.05) is 4.72 Å². The summed E-state index contributed by atoms with van der Waals surface area (Å²) in [6.45, 7) is 0. The van der Waals surface area contributed by atoms with E-state index in [0.29, 0.717) is 6.42 Å². The first-order valence-corrected chi connectivity index (χ1v) is 7.43. The van der Waals surface area contributed by atoms with E-state index in [2.05, 4.69) is 4.72 Å². The smallest absolute Gasteiger partial charge is 0.339 e. The molecule has 0 aromatic carbocycles. The molecule has 0 aliphatic heterocycles. The predicted octanol–water partition coefficient (Wildman–Crippen LogP) is 0.940. The molecule has 0 amide bonds. The Morgan fingerprint density at radius 3 is 2.59 bits per heavy atom. The van der Waals surface area contributed by atoms with E-state index < -0.39 is 16.2 Å². The molecule has 0 fully saturated rings. The van der Waals surface area contributed by atoms with Crippen LogP contribution in [0.4, 0.5) is 5.00 Å². The Morgan fingerprint density at radius 2 is 2.00 bits per heavy atom. The molecule has 0 radical (unpaired) electrons. The van der Waals surface area contributed by atoms with Crippen LogP contribution in [-0.2, 0) is 23.1 Å². The average Bonchev–Trinajstić information content (AvgIpc) is 2.51. The number of thiophene rings is 1. The van der Waals surface area contributed by atoms with Crippen molar-refractivity contribution < 1.29 is 18.3 Å². The normalized spacial score (nSPS) is 15.4. The van der Waals surface area contributed by atoms with E-state index in [9.17, 15) is 13.2 Å². The number of carbonyl (C=O) groups is 1. The van der Waals surface area contributed by atoms with Crippen molar-refractivity contribution in [3.63, 3.8) is 0 Å². The van der Waals surface area contributed by atoms with Gasteiger partial charge in [0.05, 0.1) is 5.56 Å². The molecule has 1 aromatic rings. The Labute approximate surface area is 103 Å². The van der Waals surface area contributed by atoms with Crippen molar-refractivity contribution in [3.8, 4) is 0 Å². The molecular weight excluding hydrogens is 264 g/mol. The highest BCUT2D eigenvalue weighted by atomic mass is 32.2. The molecule has 1 heterocycles. The van der Waals surface area contributed by atoms with Crippen molar-refractivity contribution in [2.24, 2.45) is 5.14 Å². The second-order valence-electron chi connectivity index (χ2n) is 3.87. The summed E-state index contributed by atoms with van der Waals surface area (Å²) in [4.78, 5) is 12.1. The molecular formula is C9H12N2O4S2. The molecule has 0 spiro atoms. The van der Waals surface area contributed by atoms with E-state index in [1.165, 1.54) is 11.3 Å². The van der Waals surface area contributed by atoms with Gasteiger partial charge < -0.3 is 5.11 Å². The fourth-order valence-electron chi connectivity index (χ4n) is 1.99. The van der Waals surface area contributed by atoms with Crippen LogP contribution in [0.5, 0.6) is 0 Å². The summed E-state index contributed by atoms with van der Waals surface area (Å²) in [6, 6.07) is 0. The first kappa shape index (κ1) is 12.3. The van der Waals surface area contributed by atoms with Crippen LogP contribution >= 0.6 is 11.3 Å². The fourth-order valence-corrected chi connectivity index (χ4v) is 4.00. The van der Waals surface area contributed by atoms with Crippen LogP contribution in [0.1, 0.15) is 33.6 Å². The van der Waals surface area contributed by atoms with Gasteiger partial charge in [0, 0.05) is 4.88 Å². The number of rotatable bonds is 3. The van der Waals surface area contributed by atoms with Crippen LogP contribution < -0.4 is 9.86 Å². The van der Waals surface area contributed by atoms with Crippen LogP contribution in [0, 0.1) is 0 Å². The molecule has 1 aromatic heterocycles. The highest BCUT2D eigenvalue weighted by Crippen LogP contribution is 2.38. The van der Waals surface area contributed by atoms with E-state index in [-0.39, 0.29) is 10.6 Å². The zero-order chi connectivity index (χ0) is 12.6. The lowest BCUT2D eigenvalue weighted by Crippen LogP contribution is -2.22. The number of carboxylic acids is 1. The van der Waals surface area contributed by atoms with Crippen LogP contribution in [0.15, 0.2) is 0 Å². The maximum absolute atomic E-state index is 11.2. The van der Waals surface area contributed by atoms with Gasteiger partial charge in [-0.3, -0.25) is 4.72 Å². The predicted molar refractivity (Wildman–Crippen MR) is 64.7 cm³/mol. The average molecular weight is 276 g/mol. The maximum Gasteiger partial charge on any atom is 0.339 e. The molecule has 0 saturated carbocycles. The third-order valence-electron chi connectivity index (χ3n) is 2.62. The number of carboxylic acid groups (broad SMARTS) is 1. The molecule has 8 heteroatoms. The van der Waals surface area contributed by atoms with E-state index in [1.54, 1.807) is 0 Å². The second-order valence-corrected chi connectivity index (χ2v) is 6.27. The van der Waals surface area contributed by atoms with Gasteiger partial charge in [0.15, 0.2) is 0 Å². The standard InChI is InChI=1S/C9H12N2O4S2/c10-17(14,15)11-8-7(9(12)13)5-3-1-2-4-6(5)16-8/h11H,1-4H2,(H,12,13)(H2,10,14,15). The Kier molecular flexibility index (Phi) is 3.11. The van der Waals surface area contributed by atoms with Crippen molar-refractivity contribution in [2.45, 2.75) is 25.7 Å². The third kappa shape index (κ3) is 2.59. The number of anilines is 1. The van der Waals surface area contributed by atoms with Crippen LogP contribution in [-0.4, -0.2) is 19.5 Å². The molecule has 94 valence electrons. The minimum Gasteiger partial charge on any atom is -0.478 e. The number of hydrogen-bond acceptors (Lipinski definition) is 4. The van der Waals surface area contributed by atoms with Gasteiger partial charge >= 0.3 is 5.97 Å². The number of hydrogen-bond donors (Lipinski definition) is 3. The van der Waals surface area contributed by atoms with Gasteiger partial charge in [-0.2, -0.15) is 8.42 Å². The number of fused-ring (bicyclic) bond motifs is 1. The second kappa shape index (κ2) is 4.28. The molecule has 0 unspecified atom stereocenters. The largest absolute Gasteiger partial charge is 0.478 e. The van der Waals surface area contributed by atoms with Crippen LogP contribution in [0.3, 0.4) is 0 Å². The molecule has 0 saturated heterocycles. The third-order valence-corrected chi connectivity index (χ3v) is 4.45. The van der Waals surface area contributed by atoms with Gasteiger partial charge in [-0.25, -0.2) is 9.93 Å². The number of aryl methyl sites for hydroxylation is 1. The molecule has 2 rings (SSSR count). The Bertz CT molecular complexity index is 562. The maximum atomic E-state index is 11.2. The van der Waals surface area contributed by atoms with Gasteiger partial charge in [0.25, 0.3) is 10.2 Å². The molecule has 1 aliphatic rings. The molecule has 1 aliphatic carbocycles. The first-order chi connectivity index (χ1) is 7.88. The lowest BCUT2D eigenvalue weighted by molar-refractivity contribution is 0.0697. The Hall–Kier alpha value is -1.12. The van der Waals surface area contributed by atoms with Gasteiger partial charge in [0.2, 0.25) is 0 Å². The molecule has 4 N–H and O–H groups in total. The van der Waals surface area contributed by atoms with Gasteiger partial charge in [-0.15, -0.1) is 11.3 Å². The summed E-state index contributed by atoms with van der Waals surface area (Å²) in [5.74, 6) is -1.12. The minimum absolute atomic E-state index is 0.0544. The minimum atomic E-state index is -3.94. The van der Waals surface area contributed by atoms with E-state index in [0.717, 1.165) is 29.7 Å². The highest BCUT2D eigenvalue weighted by molar-refractivity contribution is 7.90. The SMILES string of the molecule is NS(=O)(=O)Nc1sc2c(c1C(=O)O)CCCC2. The first-order valence-electron chi connectivity index (χ1n) is 5.07. The molecule has 0 bridgehead atoms. The Morgan fingerprint density at radius 1 is 1.35 bits per heavy atom. The summed E-state index contributed by atoms with van der Waals surface area (Å²) in [5, 5.41) is 14.1. The Balaban J connectivity index is 2.51. The van der Waals surface area contributed by atoms with Crippen LogP contribution in [0.2, 0.25) is 0 Å². The molecule has 17 heavy (non-hydrogen) atoms. The monoisotopic (exact) mass is 276 g/mol. The highest BCUT2D eigenvalue weighted by Gasteiger charge is 2.26. The van der Waals surface area contributed by atoms with Gasteiger partial charge in [-0.1, -0.05) is 0 Å². The summed E-state index contributed by atoms with van der Waals surface area (Å²) in [5.41, 5.74) is 0.804. The number of nitrogens with one attached hydrogen (secondary N) is 1. The summed E-state index contributed by atoms with van der Waals surface area (Å²) in [7, 11) is -3.94. The molecule has 0 atom stereocenters. The van der Waals surface area contributed by atoms with Crippen LogP contribution in [0.25, 0.3) is 0 Å². The number of nitrogens with two attached hydrogens (primary N) is 1. The van der Waals surface area contributed by atoms with Gasteiger partial charge in [-0.05, 0) is 31.2 Å². The van der Waals surface area contributed by atoms with Crippen molar-refractivity contribution in [3.05, 3.63) is 16.0 Å². The zero-order valence-corrected chi connectivity index (χ0v) is 10.5. The zero-order valence-electron chi connectivity index (χ0n) is 8.89. The van der Waals surface area contributed by atoms with E-state index >= 15 is 0 Å². The topological polar surface area (TPSA) is 109 Å². The van der Waals surface area contributed by atoms with E-state index in [1.807, 2.05) is 0 Å². The van der Waals surface area contributed by atoms with Crippen molar-refractivity contribution >= 4 is 32.5 Å². The summed E-state index contributed by atoms with van der Waals surface area (Å²) in [6.07, 6.45) is 3.41. The quantitative estimate of drug-likeness (QED) is 0.763. The van der Waals surface area contributed by atoms with Crippen molar-refractivity contribution in [1.29, 1.82) is 0 Å². The number of aromatic carboxylic acids is 1. The molecule has 6 nitrogen and oxygen atoms in total. The van der Waals surface area contributed by atoms with E-state index in [4.69, 9.17) is 10.2 Å².